The molecule has 0 unspecified atom stereocenters. The van der Waals surface area contributed by atoms with Gasteiger partial charge in [0.15, 0.2) is 5.71 Å². The molecule has 0 atom stereocenters. The van der Waals surface area contributed by atoms with Gasteiger partial charge in [0.2, 0.25) is 0 Å². The van der Waals surface area contributed by atoms with Crippen LogP contribution in [0.1, 0.15) is 30.9 Å². The van der Waals surface area contributed by atoms with Crippen LogP contribution in [-0.4, -0.2) is 35.5 Å². The van der Waals surface area contributed by atoms with Crippen LogP contribution in [0, 0.1) is 5.92 Å². The van der Waals surface area contributed by atoms with Gasteiger partial charge in [-0.15, -0.1) is 11.8 Å². The van der Waals surface area contributed by atoms with Crippen molar-refractivity contribution in [3.05, 3.63) is 59.7 Å². The van der Waals surface area contributed by atoms with Gasteiger partial charge in [-0.3, -0.25) is 0 Å². The molecule has 0 saturated heterocycles. The number of aliphatic imine (C=N–C) groups is 1. The van der Waals surface area contributed by atoms with Gasteiger partial charge >= 0.3 is 5.97 Å². The third kappa shape index (κ3) is 5.84. The van der Waals surface area contributed by atoms with E-state index in [9.17, 15) is 9.90 Å². The zero-order valence-corrected chi connectivity index (χ0v) is 17.3. The highest BCUT2D eigenvalue weighted by atomic mass is 32.2. The third-order valence-electron chi connectivity index (χ3n) is 4.35. The van der Waals surface area contributed by atoms with Crippen LogP contribution in [0.3, 0.4) is 0 Å². The lowest BCUT2D eigenvalue weighted by atomic mass is 10.0. The number of benzene rings is 2. The lowest BCUT2D eigenvalue weighted by Gasteiger charge is -2.10. The lowest BCUT2D eigenvalue weighted by Crippen LogP contribution is -2.17. The van der Waals surface area contributed by atoms with Crippen molar-refractivity contribution in [3.63, 3.8) is 0 Å². The Labute approximate surface area is 174 Å². The van der Waals surface area contributed by atoms with Crippen molar-refractivity contribution in [1.29, 1.82) is 0 Å². The van der Waals surface area contributed by atoms with Crippen LogP contribution in [0.2, 0.25) is 0 Å². The highest BCUT2D eigenvalue weighted by Gasteiger charge is 2.28. The summed E-state index contributed by atoms with van der Waals surface area (Å²) in [6.07, 6.45) is 2.27. The molecule has 1 saturated carbocycles. The van der Waals surface area contributed by atoms with Gasteiger partial charge in [-0.25, -0.2) is 9.79 Å². The number of thioether (sulfide) groups is 1. The van der Waals surface area contributed by atoms with Gasteiger partial charge in [-0.05, 0) is 49.6 Å². The number of carboxylic acids is 1. The predicted octanol–water partition coefficient (Wildman–Crippen LogP) is 4.89. The van der Waals surface area contributed by atoms with Crippen LogP contribution >= 0.6 is 11.8 Å². The number of carboxylic acid groups (broad SMARTS) is 1. The van der Waals surface area contributed by atoms with E-state index in [0.717, 1.165) is 34.9 Å². The van der Waals surface area contributed by atoms with Crippen molar-refractivity contribution >= 4 is 34.2 Å². The first-order valence-corrected chi connectivity index (χ1v) is 10.5. The van der Waals surface area contributed by atoms with Crippen LogP contribution < -0.4 is 4.74 Å². The summed E-state index contributed by atoms with van der Waals surface area (Å²) in [4.78, 5) is 21.1. The van der Waals surface area contributed by atoms with Crippen molar-refractivity contribution in [2.24, 2.45) is 16.1 Å². The Morgan fingerprint density at radius 2 is 1.90 bits per heavy atom. The highest BCUT2D eigenvalue weighted by molar-refractivity contribution is 8.13. The Bertz CT molecular complexity index is 905. The molecule has 0 aliphatic heterocycles. The van der Waals surface area contributed by atoms with Gasteiger partial charge in [0, 0.05) is 17.2 Å². The number of aliphatic carboxylic acids is 1. The topological polar surface area (TPSA) is 80.5 Å². The minimum absolute atomic E-state index is 0.0971. The molecule has 0 radical (unpaired) electrons. The smallest absolute Gasteiger partial charge is 0.358 e. The highest BCUT2D eigenvalue weighted by Crippen LogP contribution is 2.38. The summed E-state index contributed by atoms with van der Waals surface area (Å²) in [6, 6.07) is 15.1. The van der Waals surface area contributed by atoms with E-state index in [4.69, 9.17) is 14.6 Å². The molecule has 0 spiro atoms. The molecule has 0 amide bonds. The molecule has 1 fully saturated rings. The number of hydrogen-bond acceptors (Lipinski definition) is 6. The quantitative estimate of drug-likeness (QED) is 0.360. The maximum atomic E-state index is 11.6. The molecular weight excluding hydrogens is 388 g/mol. The fraction of sp³-hybridized carbons (Fsp3) is 0.318. The maximum Gasteiger partial charge on any atom is 0.358 e. The van der Waals surface area contributed by atoms with Crippen LogP contribution in [0.25, 0.3) is 0 Å². The molecule has 29 heavy (non-hydrogen) atoms. The normalized spacial score (nSPS) is 14.6. The van der Waals surface area contributed by atoms with Crippen molar-refractivity contribution in [1.82, 2.24) is 0 Å². The van der Waals surface area contributed by atoms with E-state index >= 15 is 0 Å². The van der Waals surface area contributed by atoms with Gasteiger partial charge in [-0.2, -0.15) is 0 Å². The minimum Gasteiger partial charge on any atom is -0.494 e. The summed E-state index contributed by atoms with van der Waals surface area (Å²) in [5.41, 5.74) is 2.24. The van der Waals surface area contributed by atoms with Gasteiger partial charge in [0.25, 0.3) is 0 Å². The molecule has 0 bridgehead atoms. The Balaban J connectivity index is 1.78. The number of nitrogens with zero attached hydrogens (tertiary/aromatic N) is 2. The van der Waals surface area contributed by atoms with Gasteiger partial charge < -0.3 is 14.7 Å². The first-order chi connectivity index (χ1) is 14.1. The van der Waals surface area contributed by atoms with E-state index in [1.165, 1.54) is 7.11 Å². The van der Waals surface area contributed by atoms with E-state index in [1.54, 1.807) is 23.9 Å². The molecule has 6 nitrogen and oxygen atoms in total. The zero-order valence-electron chi connectivity index (χ0n) is 16.5. The van der Waals surface area contributed by atoms with Gasteiger partial charge in [0.1, 0.15) is 12.9 Å². The van der Waals surface area contributed by atoms with Crippen LogP contribution in [0.5, 0.6) is 5.75 Å². The summed E-state index contributed by atoms with van der Waals surface area (Å²) in [5, 5.41) is 14.2. The molecule has 1 aliphatic rings. The van der Waals surface area contributed by atoms with E-state index < -0.39 is 5.97 Å². The molecule has 0 aromatic heterocycles. The zero-order chi connectivity index (χ0) is 20.6. The summed E-state index contributed by atoms with van der Waals surface area (Å²) in [7, 11) is 1.34. The monoisotopic (exact) mass is 412 g/mol. The number of hydrogen-bond donors (Lipinski definition) is 1. The Morgan fingerprint density at radius 3 is 2.52 bits per heavy atom. The molecule has 2 aromatic rings. The van der Waals surface area contributed by atoms with Crippen LogP contribution in [-0.2, 0) is 15.4 Å². The summed E-state index contributed by atoms with van der Waals surface area (Å²) in [5.74, 6) is 0.804. The van der Waals surface area contributed by atoms with Crippen LogP contribution in [0.4, 0.5) is 5.69 Å². The standard InChI is InChI=1S/C22H24N2O4S/c1-3-28-18-12-10-17(11-13-18)23-21(15-8-9-15)29-14-16-6-4-5-7-19(16)20(22(25)26)24-27-2/h4-7,10-13,15H,3,8-9,14H2,1-2H3,(H,25,26). The second kappa shape index (κ2) is 10.1. The lowest BCUT2D eigenvalue weighted by molar-refractivity contribution is -0.129. The Kier molecular flexibility index (Phi) is 7.30. The van der Waals surface area contributed by atoms with Gasteiger partial charge in [-0.1, -0.05) is 29.4 Å². The van der Waals surface area contributed by atoms with E-state index in [2.05, 4.69) is 5.16 Å². The summed E-state index contributed by atoms with van der Waals surface area (Å²) in [6.45, 7) is 2.59. The second-order valence-corrected chi connectivity index (χ2v) is 7.52. The maximum absolute atomic E-state index is 11.6. The predicted molar refractivity (Wildman–Crippen MR) is 116 cm³/mol. The molecule has 0 heterocycles. The molecular formula is C22H24N2O4S. The largest absolute Gasteiger partial charge is 0.494 e. The average molecular weight is 413 g/mol. The number of oxime groups is 1. The van der Waals surface area contributed by atoms with E-state index in [0.29, 0.717) is 23.8 Å². The second-order valence-electron chi connectivity index (χ2n) is 6.52. The SMILES string of the molecule is CCOc1ccc(N=C(SCc2ccccc2C(=NOC)C(=O)O)C2CC2)cc1. The summed E-state index contributed by atoms with van der Waals surface area (Å²) >= 11 is 1.65. The molecule has 3 rings (SSSR count). The molecule has 1 N–H and O–H groups in total. The summed E-state index contributed by atoms with van der Waals surface area (Å²) < 4.78 is 5.48. The fourth-order valence-electron chi connectivity index (χ4n) is 2.81. The first kappa shape index (κ1) is 20.9. The van der Waals surface area contributed by atoms with Crippen LogP contribution in [0.15, 0.2) is 58.7 Å². The molecule has 7 heteroatoms. The molecule has 152 valence electrons. The van der Waals surface area contributed by atoms with Crippen molar-refractivity contribution in [2.75, 3.05) is 13.7 Å². The molecule has 1 aliphatic carbocycles. The Morgan fingerprint density at radius 1 is 1.17 bits per heavy atom. The van der Waals surface area contributed by atoms with E-state index in [1.807, 2.05) is 43.3 Å². The van der Waals surface area contributed by atoms with E-state index in [-0.39, 0.29) is 5.71 Å². The number of carbonyl (C=O) groups is 1. The first-order valence-electron chi connectivity index (χ1n) is 9.49. The van der Waals surface area contributed by atoms with Crippen molar-refractivity contribution in [3.8, 4) is 5.75 Å². The Hall–Kier alpha value is -2.80. The number of ether oxygens (including phenoxy) is 1. The molecule has 2 aromatic carbocycles. The minimum atomic E-state index is -1.12. The number of rotatable bonds is 9. The van der Waals surface area contributed by atoms with Gasteiger partial charge in [0.05, 0.1) is 17.3 Å². The fourth-order valence-corrected chi connectivity index (χ4v) is 4.00. The third-order valence-corrected chi connectivity index (χ3v) is 5.52. The van der Waals surface area contributed by atoms with Crippen molar-refractivity contribution < 1.29 is 19.5 Å². The average Bonchev–Trinajstić information content (AvgIpc) is 3.56. The van der Waals surface area contributed by atoms with Crippen molar-refractivity contribution in [2.45, 2.75) is 25.5 Å².